The predicted octanol–water partition coefficient (Wildman–Crippen LogP) is 2.71. The molecule has 1 N–H and O–H groups in total. The zero-order valence-corrected chi connectivity index (χ0v) is 18.1. The summed E-state index contributed by atoms with van der Waals surface area (Å²) in [6, 6.07) is 10.4. The number of aryl methyl sites for hydroxylation is 1. The highest BCUT2D eigenvalue weighted by Gasteiger charge is 2.19. The highest BCUT2D eigenvalue weighted by atomic mass is 16.1. The third-order valence-electron chi connectivity index (χ3n) is 5.61. The minimum Gasteiger partial charge on any atom is -0.368 e. The molecule has 156 valence electrons. The Kier molecular flexibility index (Phi) is 7.09. The number of carbonyl (C=O) groups excluding carboxylic acids is 1. The second-order valence-corrected chi connectivity index (χ2v) is 8.01. The van der Waals surface area contributed by atoms with Gasteiger partial charge in [0, 0.05) is 38.4 Å². The fourth-order valence-electron chi connectivity index (χ4n) is 3.68. The average Bonchev–Trinajstić information content (AvgIpc) is 2.73. The lowest BCUT2D eigenvalue weighted by atomic mass is 10.1. The molecule has 1 aromatic carbocycles. The number of piperazine rings is 1. The van der Waals surface area contributed by atoms with Crippen molar-refractivity contribution < 1.29 is 4.79 Å². The topological polar surface area (TPSA) is 51.7 Å². The Hall–Kier alpha value is -2.60. The summed E-state index contributed by atoms with van der Waals surface area (Å²) in [7, 11) is 4.06. The van der Waals surface area contributed by atoms with Crippen LogP contribution < -0.4 is 15.1 Å². The predicted molar refractivity (Wildman–Crippen MR) is 120 cm³/mol. The summed E-state index contributed by atoms with van der Waals surface area (Å²) in [5.74, 6) is -0.102. The number of hydrogen-bond donors (Lipinski definition) is 1. The molecule has 0 radical (unpaired) electrons. The van der Waals surface area contributed by atoms with E-state index in [0.717, 1.165) is 44.8 Å². The van der Waals surface area contributed by atoms with Crippen LogP contribution in [0, 0.1) is 13.8 Å². The van der Waals surface area contributed by atoms with Gasteiger partial charge < -0.3 is 20.0 Å². The number of benzene rings is 1. The van der Waals surface area contributed by atoms with Gasteiger partial charge in [0.15, 0.2) is 0 Å². The third-order valence-corrected chi connectivity index (χ3v) is 5.61. The van der Waals surface area contributed by atoms with Gasteiger partial charge in [0.1, 0.15) is 5.69 Å². The third kappa shape index (κ3) is 5.48. The molecule has 3 rings (SSSR count). The quantitative estimate of drug-likeness (QED) is 0.731. The number of amides is 1. The van der Waals surface area contributed by atoms with Gasteiger partial charge in [0.2, 0.25) is 0 Å². The highest BCUT2D eigenvalue weighted by molar-refractivity contribution is 5.92. The van der Waals surface area contributed by atoms with Crippen molar-refractivity contribution in [1.29, 1.82) is 0 Å². The fourth-order valence-corrected chi connectivity index (χ4v) is 3.68. The second kappa shape index (κ2) is 9.74. The fraction of sp³-hybridized carbons (Fsp3) is 0.478. The summed E-state index contributed by atoms with van der Waals surface area (Å²) in [5, 5.41) is 2.94. The van der Waals surface area contributed by atoms with E-state index in [-0.39, 0.29) is 5.91 Å². The zero-order valence-electron chi connectivity index (χ0n) is 18.1. The van der Waals surface area contributed by atoms with Crippen LogP contribution in [0.2, 0.25) is 0 Å². The van der Waals surface area contributed by atoms with Crippen LogP contribution in [-0.2, 0) is 0 Å². The van der Waals surface area contributed by atoms with Gasteiger partial charge >= 0.3 is 0 Å². The summed E-state index contributed by atoms with van der Waals surface area (Å²) in [6.45, 7) is 9.86. The summed E-state index contributed by atoms with van der Waals surface area (Å²) in [4.78, 5) is 23.5. The van der Waals surface area contributed by atoms with E-state index in [1.807, 2.05) is 32.4 Å². The lowest BCUT2D eigenvalue weighted by Crippen LogP contribution is -2.46. The Morgan fingerprint density at radius 2 is 1.79 bits per heavy atom. The molecule has 29 heavy (non-hydrogen) atoms. The Bertz CT molecular complexity index is 811. The van der Waals surface area contributed by atoms with E-state index in [0.29, 0.717) is 12.2 Å². The Morgan fingerprint density at radius 1 is 1.07 bits per heavy atom. The first-order valence-corrected chi connectivity index (χ1v) is 10.4. The van der Waals surface area contributed by atoms with Crippen molar-refractivity contribution in [3.8, 4) is 0 Å². The van der Waals surface area contributed by atoms with Crippen molar-refractivity contribution >= 4 is 17.3 Å². The molecule has 6 nitrogen and oxygen atoms in total. The maximum atomic E-state index is 12.2. The lowest BCUT2D eigenvalue weighted by Gasteiger charge is -2.38. The molecular formula is C23H33N5O. The number of carbonyl (C=O) groups is 1. The second-order valence-electron chi connectivity index (χ2n) is 8.01. The summed E-state index contributed by atoms with van der Waals surface area (Å²) >= 11 is 0. The number of hydrogen-bond acceptors (Lipinski definition) is 5. The van der Waals surface area contributed by atoms with E-state index >= 15 is 0 Å². The van der Waals surface area contributed by atoms with Crippen LogP contribution >= 0.6 is 0 Å². The average molecular weight is 396 g/mol. The Labute approximate surface area is 174 Å². The maximum Gasteiger partial charge on any atom is 0.269 e. The first kappa shape index (κ1) is 21.1. The molecule has 6 heteroatoms. The number of pyridine rings is 1. The molecule has 1 saturated heterocycles. The smallest absolute Gasteiger partial charge is 0.269 e. The summed E-state index contributed by atoms with van der Waals surface area (Å²) in [5.41, 5.74) is 5.60. The van der Waals surface area contributed by atoms with Gasteiger partial charge in [0.25, 0.3) is 5.91 Å². The van der Waals surface area contributed by atoms with E-state index in [9.17, 15) is 4.79 Å². The molecule has 0 bridgehead atoms. The molecule has 2 heterocycles. The number of anilines is 2. The molecule has 0 unspecified atom stereocenters. The standard InChI is InChI=1S/C23H33N5O/c1-18-7-5-8-22(19(18)2)28-15-13-27(14-16-28)20-9-10-21(25-17-20)23(29)24-11-6-12-26(3)4/h5,7-10,17H,6,11-16H2,1-4H3,(H,24,29). The van der Waals surface area contributed by atoms with E-state index in [2.05, 4.69) is 57.0 Å². The summed E-state index contributed by atoms with van der Waals surface area (Å²) in [6.07, 6.45) is 2.75. The molecule has 1 fully saturated rings. The molecule has 2 aromatic rings. The van der Waals surface area contributed by atoms with Crippen molar-refractivity contribution in [2.24, 2.45) is 0 Å². The number of nitrogens with one attached hydrogen (secondary N) is 1. The number of aromatic nitrogens is 1. The molecule has 1 aliphatic heterocycles. The summed E-state index contributed by atoms with van der Waals surface area (Å²) < 4.78 is 0. The van der Waals surface area contributed by atoms with E-state index < -0.39 is 0 Å². The molecule has 1 aromatic heterocycles. The van der Waals surface area contributed by atoms with Crippen LogP contribution in [0.3, 0.4) is 0 Å². The molecule has 1 aliphatic rings. The first-order valence-electron chi connectivity index (χ1n) is 10.4. The molecule has 1 amide bonds. The van der Waals surface area contributed by atoms with Gasteiger partial charge in [-0.3, -0.25) is 4.79 Å². The van der Waals surface area contributed by atoms with E-state index in [4.69, 9.17) is 0 Å². The van der Waals surface area contributed by atoms with Gasteiger partial charge in [-0.05, 0) is 70.2 Å². The van der Waals surface area contributed by atoms with Crippen molar-refractivity contribution in [2.45, 2.75) is 20.3 Å². The first-order chi connectivity index (χ1) is 14.0. The SMILES string of the molecule is Cc1cccc(N2CCN(c3ccc(C(=O)NCCCN(C)C)nc3)CC2)c1C. The van der Waals surface area contributed by atoms with E-state index in [1.165, 1.54) is 16.8 Å². The highest BCUT2D eigenvalue weighted by Crippen LogP contribution is 2.25. The molecule has 0 saturated carbocycles. The van der Waals surface area contributed by atoms with Crippen LogP contribution in [0.1, 0.15) is 28.0 Å². The monoisotopic (exact) mass is 395 g/mol. The molecular weight excluding hydrogens is 362 g/mol. The van der Waals surface area contributed by atoms with Crippen LogP contribution in [0.15, 0.2) is 36.5 Å². The number of nitrogens with zero attached hydrogens (tertiary/aromatic N) is 4. The van der Waals surface area contributed by atoms with Crippen molar-refractivity contribution in [2.75, 3.05) is 63.2 Å². The van der Waals surface area contributed by atoms with Gasteiger partial charge in [0.05, 0.1) is 11.9 Å². The van der Waals surface area contributed by atoms with Crippen molar-refractivity contribution in [1.82, 2.24) is 15.2 Å². The minimum absolute atomic E-state index is 0.102. The maximum absolute atomic E-state index is 12.2. The van der Waals surface area contributed by atoms with Crippen molar-refractivity contribution in [3.05, 3.63) is 53.3 Å². The molecule has 0 atom stereocenters. The molecule has 0 spiro atoms. The normalized spacial score (nSPS) is 14.4. The Morgan fingerprint density at radius 3 is 2.45 bits per heavy atom. The Balaban J connectivity index is 1.52. The van der Waals surface area contributed by atoms with E-state index in [1.54, 1.807) is 0 Å². The van der Waals surface area contributed by atoms with Gasteiger partial charge in [-0.15, -0.1) is 0 Å². The van der Waals surface area contributed by atoms with Gasteiger partial charge in [-0.2, -0.15) is 0 Å². The minimum atomic E-state index is -0.102. The number of rotatable bonds is 7. The van der Waals surface area contributed by atoms with Crippen LogP contribution in [0.25, 0.3) is 0 Å². The molecule has 0 aliphatic carbocycles. The van der Waals surface area contributed by atoms with Gasteiger partial charge in [-0.25, -0.2) is 4.98 Å². The van der Waals surface area contributed by atoms with Crippen molar-refractivity contribution in [3.63, 3.8) is 0 Å². The largest absolute Gasteiger partial charge is 0.368 e. The van der Waals surface area contributed by atoms with Crippen LogP contribution in [0.4, 0.5) is 11.4 Å². The van der Waals surface area contributed by atoms with Gasteiger partial charge in [-0.1, -0.05) is 12.1 Å². The van der Waals surface area contributed by atoms with Crippen LogP contribution in [0.5, 0.6) is 0 Å². The van der Waals surface area contributed by atoms with Crippen LogP contribution in [-0.4, -0.2) is 69.2 Å². The lowest BCUT2D eigenvalue weighted by molar-refractivity contribution is 0.0947. The zero-order chi connectivity index (χ0) is 20.8.